The Morgan fingerprint density at radius 3 is 2.53 bits per heavy atom. The highest BCUT2D eigenvalue weighted by Gasteiger charge is 2.38. The molecule has 1 aliphatic heterocycles. The summed E-state index contributed by atoms with van der Waals surface area (Å²) in [6.45, 7) is 3.36. The Balaban J connectivity index is 0.000000224. The molecule has 0 saturated carbocycles. The fourth-order valence-electron chi connectivity index (χ4n) is 1.64. The Labute approximate surface area is 107 Å². The number of hydrogen-bond acceptors (Lipinski definition) is 4. The van der Waals surface area contributed by atoms with E-state index in [0.29, 0.717) is 6.04 Å². The van der Waals surface area contributed by atoms with Crippen LogP contribution in [0.5, 0.6) is 0 Å². The van der Waals surface area contributed by atoms with Crippen molar-refractivity contribution < 1.29 is 27.5 Å². The molecule has 0 spiro atoms. The highest BCUT2D eigenvalue weighted by atomic mass is 19.4. The van der Waals surface area contributed by atoms with Gasteiger partial charge in [-0.25, -0.2) is 9.78 Å². The van der Waals surface area contributed by atoms with Gasteiger partial charge in [-0.3, -0.25) is 0 Å². The monoisotopic (exact) mass is 280 g/mol. The number of hydrogen-bond donors (Lipinski definition) is 2. The van der Waals surface area contributed by atoms with Crippen LogP contribution in [0.4, 0.5) is 13.2 Å². The second kappa shape index (κ2) is 6.55. The van der Waals surface area contributed by atoms with E-state index < -0.39 is 12.1 Å². The zero-order valence-electron chi connectivity index (χ0n) is 10.3. The Morgan fingerprint density at radius 1 is 1.53 bits per heavy atom. The van der Waals surface area contributed by atoms with Crippen molar-refractivity contribution in [2.75, 3.05) is 6.54 Å². The molecule has 1 aromatic heterocycles. The average molecular weight is 280 g/mol. The lowest BCUT2D eigenvalue weighted by molar-refractivity contribution is -0.192. The predicted octanol–water partition coefficient (Wildman–Crippen LogP) is 2.37. The predicted molar refractivity (Wildman–Crippen MR) is 59.3 cm³/mol. The first-order valence-electron chi connectivity index (χ1n) is 5.72. The van der Waals surface area contributed by atoms with Crippen molar-refractivity contribution >= 4 is 5.97 Å². The summed E-state index contributed by atoms with van der Waals surface area (Å²) in [6, 6.07) is 0.392. The topological polar surface area (TPSA) is 75.4 Å². The maximum atomic E-state index is 10.6. The summed E-state index contributed by atoms with van der Waals surface area (Å²) in [4.78, 5) is 12.8. The number of carbonyl (C=O) groups is 1. The largest absolute Gasteiger partial charge is 0.490 e. The fraction of sp³-hybridized carbons (Fsp3) is 0.636. The highest BCUT2D eigenvalue weighted by molar-refractivity contribution is 5.73. The number of nitrogens with one attached hydrogen (secondary N) is 1. The molecule has 0 amide bonds. The number of alkyl halides is 3. The van der Waals surface area contributed by atoms with Crippen molar-refractivity contribution in [1.82, 2.24) is 10.3 Å². The number of halogens is 3. The highest BCUT2D eigenvalue weighted by Crippen LogP contribution is 2.24. The van der Waals surface area contributed by atoms with Gasteiger partial charge in [-0.05, 0) is 25.3 Å². The molecule has 1 aliphatic rings. The summed E-state index contributed by atoms with van der Waals surface area (Å²) in [7, 11) is 0. The normalized spacial score (nSPS) is 23.4. The molecule has 2 atom stereocenters. The number of aromatic nitrogens is 1. The van der Waals surface area contributed by atoms with Crippen molar-refractivity contribution in [3.8, 4) is 0 Å². The zero-order chi connectivity index (χ0) is 14.5. The Morgan fingerprint density at radius 2 is 2.16 bits per heavy atom. The third kappa shape index (κ3) is 5.29. The number of nitrogens with zero attached hydrogens (tertiary/aromatic N) is 1. The molecule has 5 nitrogen and oxygen atoms in total. The van der Waals surface area contributed by atoms with Crippen LogP contribution in [0.3, 0.4) is 0 Å². The van der Waals surface area contributed by atoms with Gasteiger partial charge < -0.3 is 14.8 Å². The van der Waals surface area contributed by atoms with Gasteiger partial charge in [0.15, 0.2) is 6.39 Å². The van der Waals surface area contributed by atoms with Gasteiger partial charge in [-0.2, -0.15) is 13.2 Å². The van der Waals surface area contributed by atoms with Gasteiger partial charge in [0, 0.05) is 0 Å². The van der Waals surface area contributed by atoms with Crippen molar-refractivity contribution in [1.29, 1.82) is 0 Å². The Bertz CT molecular complexity index is 384. The van der Waals surface area contributed by atoms with E-state index in [4.69, 9.17) is 14.3 Å². The lowest BCUT2D eigenvalue weighted by Crippen LogP contribution is -2.31. The molecule has 108 valence electrons. The van der Waals surface area contributed by atoms with E-state index in [1.165, 1.54) is 12.8 Å². The van der Waals surface area contributed by atoms with Crippen molar-refractivity contribution in [2.45, 2.75) is 32.0 Å². The van der Waals surface area contributed by atoms with E-state index in [1.54, 1.807) is 6.20 Å². The minimum Gasteiger partial charge on any atom is -0.475 e. The molecule has 1 saturated heterocycles. The van der Waals surface area contributed by atoms with E-state index in [9.17, 15) is 13.2 Å². The van der Waals surface area contributed by atoms with E-state index in [1.807, 2.05) is 0 Å². The zero-order valence-corrected chi connectivity index (χ0v) is 10.3. The Kier molecular flexibility index (Phi) is 5.34. The van der Waals surface area contributed by atoms with Crippen LogP contribution in [0.15, 0.2) is 17.0 Å². The van der Waals surface area contributed by atoms with Crippen molar-refractivity contribution in [2.24, 2.45) is 5.92 Å². The molecular formula is C11H15F3N2O3. The molecule has 0 aliphatic carbocycles. The molecule has 0 bridgehead atoms. The lowest BCUT2D eigenvalue weighted by atomic mass is 9.95. The van der Waals surface area contributed by atoms with Crippen LogP contribution in [0, 0.1) is 5.92 Å². The van der Waals surface area contributed by atoms with Gasteiger partial charge in [0.25, 0.3) is 0 Å². The molecule has 2 unspecified atom stereocenters. The minimum atomic E-state index is -5.08. The summed E-state index contributed by atoms with van der Waals surface area (Å²) in [5.74, 6) is -0.987. The van der Waals surface area contributed by atoms with Crippen LogP contribution in [0.25, 0.3) is 0 Å². The van der Waals surface area contributed by atoms with Crippen molar-refractivity contribution in [3.63, 3.8) is 0 Å². The molecule has 0 radical (unpaired) electrons. The molecule has 2 N–H and O–H groups in total. The van der Waals surface area contributed by atoms with E-state index in [2.05, 4.69) is 17.2 Å². The maximum absolute atomic E-state index is 10.6. The molecule has 8 heteroatoms. The van der Waals surface area contributed by atoms with E-state index in [0.717, 1.165) is 24.6 Å². The fourth-order valence-corrected chi connectivity index (χ4v) is 1.64. The summed E-state index contributed by atoms with van der Waals surface area (Å²) in [5, 5.41) is 10.6. The summed E-state index contributed by atoms with van der Waals surface area (Å²) < 4.78 is 37.0. The van der Waals surface area contributed by atoms with Crippen LogP contribution in [0.1, 0.15) is 31.6 Å². The number of carboxylic acid groups (broad SMARTS) is 1. The summed E-state index contributed by atoms with van der Waals surface area (Å²) in [5.41, 5.74) is 0. The number of piperidine rings is 1. The molecule has 0 aromatic carbocycles. The van der Waals surface area contributed by atoms with Gasteiger partial charge in [0.2, 0.25) is 0 Å². The van der Waals surface area contributed by atoms with Crippen LogP contribution in [-0.4, -0.2) is 28.8 Å². The molecule has 1 aromatic rings. The van der Waals surface area contributed by atoms with Gasteiger partial charge in [0.05, 0.1) is 12.2 Å². The van der Waals surface area contributed by atoms with Crippen LogP contribution in [0.2, 0.25) is 0 Å². The first-order valence-corrected chi connectivity index (χ1v) is 5.72. The van der Waals surface area contributed by atoms with Crippen LogP contribution in [-0.2, 0) is 4.79 Å². The van der Waals surface area contributed by atoms with E-state index >= 15 is 0 Å². The molecule has 2 heterocycles. The second-order valence-corrected chi connectivity index (χ2v) is 4.35. The first-order chi connectivity index (χ1) is 8.80. The smallest absolute Gasteiger partial charge is 0.475 e. The average Bonchev–Trinajstić information content (AvgIpc) is 2.83. The number of rotatable bonds is 1. The molecule has 2 rings (SSSR count). The van der Waals surface area contributed by atoms with Gasteiger partial charge >= 0.3 is 12.1 Å². The van der Waals surface area contributed by atoms with Gasteiger partial charge in [-0.15, -0.1) is 0 Å². The first kappa shape index (κ1) is 15.5. The van der Waals surface area contributed by atoms with Crippen LogP contribution >= 0.6 is 0 Å². The van der Waals surface area contributed by atoms with Crippen LogP contribution < -0.4 is 5.32 Å². The molecule has 1 fully saturated rings. The number of oxazole rings is 1. The maximum Gasteiger partial charge on any atom is 0.490 e. The lowest BCUT2D eigenvalue weighted by Gasteiger charge is -2.25. The van der Waals surface area contributed by atoms with Crippen molar-refractivity contribution in [3.05, 3.63) is 18.4 Å². The van der Waals surface area contributed by atoms with E-state index in [-0.39, 0.29) is 0 Å². The Hall–Kier alpha value is -1.57. The third-order valence-corrected chi connectivity index (χ3v) is 2.70. The quantitative estimate of drug-likeness (QED) is 0.826. The summed E-state index contributed by atoms with van der Waals surface area (Å²) in [6.07, 6.45) is 0.650. The second-order valence-electron chi connectivity index (χ2n) is 4.35. The number of carboxylic acids is 1. The minimum absolute atomic E-state index is 0.392. The van der Waals surface area contributed by atoms with Gasteiger partial charge in [-0.1, -0.05) is 6.92 Å². The molecule has 19 heavy (non-hydrogen) atoms. The summed E-state index contributed by atoms with van der Waals surface area (Å²) >= 11 is 0. The third-order valence-electron chi connectivity index (χ3n) is 2.70. The SMILES string of the molecule is CC1CCC(c2cnco2)NC1.O=C(O)C(F)(F)F. The standard InChI is InChI=1S/C9H14N2O.C2HF3O2/c1-7-2-3-8(11-4-7)9-5-10-6-12-9;3-2(4,5)1(6)7/h5-8,11H,2-4H2,1H3;(H,6,7). The van der Waals surface area contributed by atoms with Gasteiger partial charge in [0.1, 0.15) is 5.76 Å². The number of aliphatic carboxylic acids is 1. The molecular weight excluding hydrogens is 265 g/mol.